The van der Waals surface area contributed by atoms with Gasteiger partial charge in [0, 0.05) is 40.6 Å². The maximum Gasteiger partial charge on any atom is 0.334 e. The van der Waals surface area contributed by atoms with Gasteiger partial charge in [0.1, 0.15) is 12.2 Å². The van der Waals surface area contributed by atoms with E-state index in [-0.39, 0.29) is 63.5 Å². The summed E-state index contributed by atoms with van der Waals surface area (Å²) in [5, 5.41) is -0.0507. The van der Waals surface area contributed by atoms with Crippen molar-refractivity contribution in [1.82, 2.24) is 0 Å². The first-order chi connectivity index (χ1) is 21.5. The standard InChI is InChI=1S/C28H52O11P2Si/c1-22-23(10-15-32-22)37-41(30)19-9-14-31-13-7-8-18-40(29,38-24-11-16-33-26(24)20-35-41)36-21-27-25(12-17-34-27)39-42(5,6)28(2,3)4/h7-8,22-27H,9-21H2,1-6H3/b8-7+/t22-,23+,24+,25+,26-,27-,40-,41+/m1/s1/i1D,15T,16T,17T/t15-,16-,17-,22+,23-,24-,25-,26+,27+,40+,41-/m0. The predicted molar refractivity (Wildman–Crippen MR) is 162 cm³/mol. The average Bonchev–Trinajstić information content (AvgIpc) is 3.61. The van der Waals surface area contributed by atoms with E-state index in [1.807, 2.05) is 0 Å². The molecule has 0 aliphatic carbocycles. The van der Waals surface area contributed by atoms with Gasteiger partial charge in [0.2, 0.25) is 0 Å². The van der Waals surface area contributed by atoms with Crippen molar-refractivity contribution in [3.8, 4) is 0 Å². The van der Waals surface area contributed by atoms with E-state index in [2.05, 4.69) is 33.9 Å². The number of fused-ring (bicyclic) bond motifs is 1. The van der Waals surface area contributed by atoms with Crippen LogP contribution in [-0.4, -0.2) is 103 Å². The zero-order valence-corrected chi connectivity index (χ0v) is 28.3. The largest absolute Gasteiger partial charge is 0.411 e. The molecule has 11 atom stereocenters. The number of allylic oxidation sites excluding steroid dienone is 1. The van der Waals surface area contributed by atoms with Crippen LogP contribution in [0.1, 0.15) is 58.8 Å². The predicted octanol–water partition coefficient (Wildman–Crippen LogP) is 5.93. The molecule has 4 rings (SSSR count). The molecule has 0 unspecified atom stereocenters. The second kappa shape index (κ2) is 15.1. The lowest BCUT2D eigenvalue weighted by molar-refractivity contribution is -0.00778. The van der Waals surface area contributed by atoms with Gasteiger partial charge in [-0.25, -0.2) is 0 Å². The molecule has 4 aliphatic heterocycles. The summed E-state index contributed by atoms with van der Waals surface area (Å²) in [6, 6.07) is 0. The van der Waals surface area contributed by atoms with E-state index in [1.54, 1.807) is 12.2 Å². The topological polar surface area (TPSA) is 117 Å². The van der Waals surface area contributed by atoms with Crippen LogP contribution in [0.2, 0.25) is 18.1 Å². The molecule has 11 nitrogen and oxygen atoms in total. The molecule has 0 N–H and O–H groups in total. The van der Waals surface area contributed by atoms with Crippen molar-refractivity contribution in [2.45, 2.75) is 108 Å². The second-order valence-electron chi connectivity index (χ2n) is 12.6. The van der Waals surface area contributed by atoms with Crippen LogP contribution in [0.4, 0.5) is 0 Å². The first kappa shape index (κ1) is 29.5. The van der Waals surface area contributed by atoms with Gasteiger partial charge in [-0.05, 0) is 37.9 Å². The molecule has 4 aliphatic rings. The van der Waals surface area contributed by atoms with Crippen LogP contribution in [0, 0.1) is 0 Å². The summed E-state index contributed by atoms with van der Waals surface area (Å²) in [4.78, 5) is 0. The summed E-state index contributed by atoms with van der Waals surface area (Å²) in [7, 11) is -9.84. The number of hydrogen-bond acceptors (Lipinski definition) is 11. The molecule has 0 saturated carbocycles. The molecular weight excluding hydrogens is 602 g/mol. The van der Waals surface area contributed by atoms with Crippen LogP contribution in [-0.2, 0) is 50.6 Å². The third-order valence-corrected chi connectivity index (χ3v) is 16.5. The molecule has 0 amide bonds. The third-order valence-electron chi connectivity index (χ3n) is 8.19. The summed E-state index contributed by atoms with van der Waals surface area (Å²) < 4.78 is 113. The Hall–Kier alpha value is 0.0569. The van der Waals surface area contributed by atoms with Crippen LogP contribution in [0.5, 0.6) is 0 Å². The summed E-state index contributed by atoms with van der Waals surface area (Å²) >= 11 is 0. The van der Waals surface area contributed by atoms with Gasteiger partial charge in [0.15, 0.2) is 8.32 Å². The van der Waals surface area contributed by atoms with Crippen molar-refractivity contribution in [3.05, 3.63) is 12.2 Å². The van der Waals surface area contributed by atoms with Crippen molar-refractivity contribution in [2.24, 2.45) is 0 Å². The smallest absolute Gasteiger partial charge is 0.334 e. The fourth-order valence-corrected chi connectivity index (χ4v) is 9.42. The molecule has 3 saturated heterocycles. The summed E-state index contributed by atoms with van der Waals surface area (Å²) in [6.07, 6.45) is 0.123. The minimum absolute atomic E-state index is 0.0290. The van der Waals surface area contributed by atoms with Crippen LogP contribution >= 0.6 is 15.2 Å². The van der Waals surface area contributed by atoms with Gasteiger partial charge in [0.05, 0.1) is 60.7 Å². The van der Waals surface area contributed by atoms with Gasteiger partial charge < -0.3 is 41.5 Å². The molecule has 4 heterocycles. The van der Waals surface area contributed by atoms with E-state index < -0.39 is 79.9 Å². The van der Waals surface area contributed by atoms with Crippen molar-refractivity contribution in [2.75, 3.05) is 58.5 Å². The van der Waals surface area contributed by atoms with Gasteiger partial charge in [-0.3, -0.25) is 9.13 Å². The number of hydrogen-bond donors (Lipinski definition) is 0. The van der Waals surface area contributed by atoms with Gasteiger partial charge in [-0.15, -0.1) is 0 Å². The SMILES string of the molecule is [2H]C[C@H]1O[C@@H]([3H])C[C@@H]1O[P@]1(=O)CCCOC/C=C/C[P@@](=O)(OC[C@H]2O[C@@H]([3H])C[C@@H]2O[Si](C)(C)C(C)(C)C)O[C@H]2C[C@H]([3H])O[C@@H]2CO1. The lowest BCUT2D eigenvalue weighted by atomic mass is 10.2. The molecule has 42 heavy (non-hydrogen) atoms. The van der Waals surface area contributed by atoms with Crippen molar-refractivity contribution in [3.63, 3.8) is 0 Å². The molecule has 14 heteroatoms. The van der Waals surface area contributed by atoms with E-state index >= 15 is 0 Å². The Kier molecular flexibility index (Phi) is 10.6. The Labute approximate surface area is 258 Å². The van der Waals surface area contributed by atoms with E-state index in [9.17, 15) is 9.13 Å². The first-order valence-electron chi connectivity index (χ1n) is 17.2. The molecule has 244 valence electrons. The molecule has 0 radical (unpaired) electrons. The number of ether oxygens (including phenoxy) is 4. The minimum atomic E-state index is -3.86. The second-order valence-corrected chi connectivity index (χ2v) is 21.5. The number of rotatable bonds is 7. The van der Waals surface area contributed by atoms with Crippen LogP contribution in [0.3, 0.4) is 0 Å². The molecule has 0 spiro atoms. The highest BCUT2D eigenvalue weighted by Gasteiger charge is 2.44. The van der Waals surface area contributed by atoms with Gasteiger partial charge in [0.25, 0.3) is 0 Å². The van der Waals surface area contributed by atoms with Crippen molar-refractivity contribution < 1.29 is 56.1 Å². The lowest BCUT2D eigenvalue weighted by Gasteiger charge is -2.39. The fourth-order valence-electron chi connectivity index (χ4n) is 4.58. The summed E-state index contributed by atoms with van der Waals surface area (Å²) in [5.74, 6) is 0. The minimum Gasteiger partial charge on any atom is -0.411 e. The van der Waals surface area contributed by atoms with Crippen molar-refractivity contribution in [1.29, 1.82) is 0 Å². The van der Waals surface area contributed by atoms with E-state index in [0.717, 1.165) is 0 Å². The molecular formula is C28H52O11P2Si. The highest BCUT2D eigenvalue weighted by molar-refractivity contribution is 7.54. The van der Waals surface area contributed by atoms with Crippen LogP contribution in [0.25, 0.3) is 0 Å². The lowest BCUT2D eigenvalue weighted by Crippen LogP contribution is -2.46. The first-order valence-corrected chi connectivity index (χ1v) is 21.1. The summed E-state index contributed by atoms with van der Waals surface area (Å²) in [6.45, 7) is 7.96. The molecule has 0 aromatic heterocycles. The zero-order valence-electron chi connectivity index (χ0n) is 29.5. The molecule has 0 bridgehead atoms. The monoisotopic (exact) mass is 661 g/mol. The average molecular weight is 662 g/mol. The summed E-state index contributed by atoms with van der Waals surface area (Å²) in [5.41, 5.74) is 0. The Balaban J connectivity index is 1.47. The Morgan fingerprint density at radius 1 is 1.02 bits per heavy atom. The fraction of sp³-hybridized carbons (Fsp3) is 0.929. The maximum atomic E-state index is 14.2. The third kappa shape index (κ3) is 9.78. The quantitative estimate of drug-likeness (QED) is 0.184. The van der Waals surface area contributed by atoms with Gasteiger partial charge >= 0.3 is 15.2 Å². The van der Waals surface area contributed by atoms with Crippen LogP contribution < -0.4 is 0 Å². The molecule has 0 aromatic rings. The Morgan fingerprint density at radius 3 is 2.57 bits per heavy atom. The highest BCUT2D eigenvalue weighted by Crippen LogP contribution is 2.54. The van der Waals surface area contributed by atoms with E-state index in [1.165, 1.54) is 0 Å². The van der Waals surface area contributed by atoms with Crippen molar-refractivity contribution >= 4 is 23.5 Å². The van der Waals surface area contributed by atoms with Gasteiger partial charge in [-0.1, -0.05) is 32.9 Å². The highest BCUT2D eigenvalue weighted by atomic mass is 31.2. The Morgan fingerprint density at radius 2 is 1.79 bits per heavy atom. The maximum absolute atomic E-state index is 14.2. The normalized spacial score (nSPS) is 46.9. The van der Waals surface area contributed by atoms with E-state index in [0.29, 0.717) is 12.8 Å². The molecule has 3 fully saturated rings. The van der Waals surface area contributed by atoms with Gasteiger partial charge in [-0.2, -0.15) is 0 Å². The zero-order chi connectivity index (χ0) is 33.8. The van der Waals surface area contributed by atoms with E-state index in [4.69, 9.17) is 47.0 Å². The molecule has 0 aromatic carbocycles. The van der Waals surface area contributed by atoms with Crippen LogP contribution in [0.15, 0.2) is 12.2 Å². The Bertz CT molecular complexity index is 1120.